The third kappa shape index (κ3) is 5.26. The van der Waals surface area contributed by atoms with Gasteiger partial charge in [0.25, 0.3) is 0 Å². The first kappa shape index (κ1) is 20.2. The molecule has 0 rings (SSSR count). The molecule has 0 saturated carbocycles. The van der Waals surface area contributed by atoms with E-state index in [0.717, 1.165) is 0 Å². The zero-order valence-electron chi connectivity index (χ0n) is 12.0. The minimum absolute atomic E-state index is 0.0914. The van der Waals surface area contributed by atoms with E-state index in [1.54, 1.807) is 0 Å². The van der Waals surface area contributed by atoms with Crippen molar-refractivity contribution in [3.05, 3.63) is 0 Å². The van der Waals surface area contributed by atoms with Gasteiger partial charge in [0.1, 0.15) is 0 Å². The molecule has 0 aromatic carbocycles. The monoisotopic (exact) mass is 316 g/mol. The Morgan fingerprint density at radius 2 is 1.25 bits per heavy atom. The molecule has 0 heterocycles. The number of hydrogen-bond acceptors (Lipinski definition) is 7. The van der Waals surface area contributed by atoms with Crippen LogP contribution in [0.1, 0.15) is 27.7 Å². The van der Waals surface area contributed by atoms with Crippen LogP contribution >= 0.6 is 0 Å². The fourth-order valence-corrected chi connectivity index (χ4v) is 1.57. The average Bonchev–Trinajstić information content (AvgIpc) is 2.43. The fourth-order valence-electron chi connectivity index (χ4n) is 1.02. The predicted octanol–water partition coefficient (Wildman–Crippen LogP) is 0.803. The molecule has 0 saturated heterocycles. The van der Waals surface area contributed by atoms with Crippen LogP contribution < -0.4 is 11.1 Å². The molecule has 0 radical (unpaired) electrons. The topological polar surface area (TPSA) is 157 Å². The molecule has 0 amide bonds. The average molecular weight is 316 g/mol. The molecule has 0 aliphatic heterocycles. The van der Waals surface area contributed by atoms with Crippen LogP contribution in [0, 0.1) is 51.1 Å². The van der Waals surface area contributed by atoms with Gasteiger partial charge in [-0.1, -0.05) is 13.8 Å². The maximum absolute atomic E-state index is 8.35. The summed E-state index contributed by atoms with van der Waals surface area (Å²) in [6.45, 7) is 9.14. The second-order valence-electron chi connectivity index (χ2n) is 4.67. The summed E-state index contributed by atoms with van der Waals surface area (Å²) in [5.41, 5.74) is 5.58. The van der Waals surface area contributed by atoms with Crippen molar-refractivity contribution in [1.82, 2.24) is 5.32 Å². The van der Waals surface area contributed by atoms with Crippen molar-refractivity contribution in [2.75, 3.05) is 6.54 Å². The van der Waals surface area contributed by atoms with E-state index in [0.29, 0.717) is 12.6 Å². The summed E-state index contributed by atoms with van der Waals surface area (Å²) in [5.74, 6) is 0. The molecular formula is C12H18FeN7. The Hall–Kier alpha value is -2.11. The van der Waals surface area contributed by atoms with E-state index in [-0.39, 0.29) is 5.54 Å². The van der Waals surface area contributed by atoms with E-state index in [9.17, 15) is 0 Å². The van der Waals surface area contributed by atoms with Crippen molar-refractivity contribution < 1.29 is 11.8 Å². The van der Waals surface area contributed by atoms with Gasteiger partial charge in [-0.25, -0.2) is 0 Å². The fraction of sp³-hybridized carbons (Fsp3) is 0.583. The van der Waals surface area contributed by atoms with E-state index < -0.39 is 11.8 Å². The molecule has 0 spiro atoms. The molecule has 0 bridgehead atoms. The Kier molecular flexibility index (Phi) is 7.55. The number of nitriles is 5. The minimum atomic E-state index is -4.78. The third-order valence-electron chi connectivity index (χ3n) is 1.98. The van der Waals surface area contributed by atoms with E-state index in [4.69, 9.17) is 32.0 Å². The van der Waals surface area contributed by atoms with Crippen LogP contribution in [0.2, 0.25) is 0 Å². The Bertz CT molecular complexity index is 446. The van der Waals surface area contributed by atoms with Crippen LogP contribution in [0.25, 0.3) is 0 Å². The zero-order chi connectivity index (χ0) is 16.5. The van der Waals surface area contributed by atoms with E-state index in [2.05, 4.69) is 33.0 Å². The van der Waals surface area contributed by atoms with Crippen molar-refractivity contribution in [2.45, 2.75) is 39.3 Å². The van der Waals surface area contributed by atoms with Gasteiger partial charge in [0.05, 0.1) is 0 Å². The van der Waals surface area contributed by atoms with Gasteiger partial charge >= 0.3 is 62.9 Å². The van der Waals surface area contributed by atoms with Gasteiger partial charge in [-0.05, 0) is 13.8 Å². The first-order valence-electron chi connectivity index (χ1n) is 5.46. The molecule has 109 valence electrons. The summed E-state index contributed by atoms with van der Waals surface area (Å²) >= 11 is -4.78. The number of hydrogen-bond donors (Lipinski definition) is 2. The van der Waals surface area contributed by atoms with E-state index in [1.165, 1.54) is 24.8 Å². The summed E-state index contributed by atoms with van der Waals surface area (Å²) in [6, 6.07) is 0.517. The van der Waals surface area contributed by atoms with Gasteiger partial charge in [-0.3, -0.25) is 0 Å². The summed E-state index contributed by atoms with van der Waals surface area (Å²) in [5, 5.41) is 45.1. The van der Waals surface area contributed by atoms with Crippen LogP contribution in [0.3, 0.4) is 0 Å². The normalized spacial score (nSPS) is 11.9. The van der Waals surface area contributed by atoms with Crippen molar-refractivity contribution >= 4 is 0 Å². The SMILES string of the molecule is CC(C)NC(C)(C)CN.N#[C][Fe]([C]#N)([C]#N)([C]#N)[C]#N. The molecule has 20 heavy (non-hydrogen) atoms. The van der Waals surface area contributed by atoms with Gasteiger partial charge in [0, 0.05) is 18.1 Å². The van der Waals surface area contributed by atoms with E-state index in [1.807, 2.05) is 0 Å². The molecule has 0 aromatic rings. The van der Waals surface area contributed by atoms with Gasteiger partial charge in [-0.2, -0.15) is 0 Å². The maximum atomic E-state index is 8.35. The Morgan fingerprint density at radius 1 is 0.950 bits per heavy atom. The summed E-state index contributed by atoms with van der Waals surface area (Å²) < 4.78 is 0. The van der Waals surface area contributed by atoms with Crippen LogP contribution in [0.15, 0.2) is 0 Å². The van der Waals surface area contributed by atoms with Crippen LogP contribution in [0.5, 0.6) is 0 Å². The standard InChI is InChI=1S/C7H18N2.5CN.Fe/c1-6(2)9-7(3,4)5-8;5*1-2;/h6,9H,5,8H2,1-4H3;;;;;;. The van der Waals surface area contributed by atoms with Gasteiger partial charge < -0.3 is 11.1 Å². The Morgan fingerprint density at radius 3 is 1.30 bits per heavy atom. The first-order chi connectivity index (χ1) is 9.09. The molecule has 0 aromatic heterocycles. The van der Waals surface area contributed by atoms with Crippen molar-refractivity contribution in [2.24, 2.45) is 5.73 Å². The van der Waals surface area contributed by atoms with Gasteiger partial charge in [0.15, 0.2) is 0 Å². The predicted molar refractivity (Wildman–Crippen MR) is 69.5 cm³/mol. The summed E-state index contributed by atoms with van der Waals surface area (Å²) in [7, 11) is 0. The van der Waals surface area contributed by atoms with Crippen molar-refractivity contribution in [1.29, 1.82) is 26.3 Å². The molecule has 8 heteroatoms. The number of rotatable bonds is 3. The molecule has 0 unspecified atom stereocenters. The number of nitrogens with one attached hydrogen (secondary N) is 1. The molecule has 0 atom stereocenters. The van der Waals surface area contributed by atoms with Crippen LogP contribution in [-0.2, 0) is 11.8 Å². The Labute approximate surface area is 120 Å². The molecule has 7 nitrogen and oxygen atoms in total. The number of nitrogens with two attached hydrogens (primary N) is 1. The quantitative estimate of drug-likeness (QED) is 0.729. The molecule has 3 N–H and O–H groups in total. The summed E-state index contributed by atoms with van der Waals surface area (Å²) in [4.78, 5) is 6.12. The first-order valence-corrected chi connectivity index (χ1v) is 8.22. The molecule has 0 aliphatic rings. The second kappa shape index (κ2) is 7.47. The zero-order valence-corrected chi connectivity index (χ0v) is 13.1. The van der Waals surface area contributed by atoms with E-state index >= 15 is 0 Å². The van der Waals surface area contributed by atoms with Crippen molar-refractivity contribution in [3.8, 4) is 24.8 Å². The van der Waals surface area contributed by atoms with Gasteiger partial charge in [0.2, 0.25) is 0 Å². The summed E-state index contributed by atoms with van der Waals surface area (Å²) in [6.07, 6.45) is 0. The molecular weight excluding hydrogens is 298 g/mol. The van der Waals surface area contributed by atoms with Crippen molar-refractivity contribution in [3.63, 3.8) is 0 Å². The molecule has 0 fully saturated rings. The molecule has 0 aliphatic carbocycles. The Balaban J connectivity index is 0. The number of nitrogens with zero attached hydrogens (tertiary/aromatic N) is 5. The third-order valence-corrected chi connectivity index (χ3v) is 4.45. The second-order valence-corrected chi connectivity index (χ2v) is 8.66. The van der Waals surface area contributed by atoms with Gasteiger partial charge in [-0.15, -0.1) is 0 Å². The van der Waals surface area contributed by atoms with Crippen LogP contribution in [-0.4, -0.2) is 18.1 Å². The van der Waals surface area contributed by atoms with Crippen LogP contribution in [0.4, 0.5) is 0 Å².